The van der Waals surface area contributed by atoms with Gasteiger partial charge in [-0.15, -0.1) is 0 Å². The van der Waals surface area contributed by atoms with Crippen molar-refractivity contribution < 1.29 is 4.74 Å². The van der Waals surface area contributed by atoms with Crippen LogP contribution in [0.1, 0.15) is 31.9 Å². The molecule has 21 heavy (non-hydrogen) atoms. The molecule has 0 saturated carbocycles. The fourth-order valence-corrected chi connectivity index (χ4v) is 2.94. The van der Waals surface area contributed by atoms with Crippen LogP contribution >= 0.6 is 11.8 Å². The summed E-state index contributed by atoms with van der Waals surface area (Å²) in [5.41, 5.74) is 2.74. The highest BCUT2D eigenvalue weighted by atomic mass is 32.2. The van der Waals surface area contributed by atoms with Crippen LogP contribution in [0.3, 0.4) is 0 Å². The van der Waals surface area contributed by atoms with Gasteiger partial charge in [0.05, 0.1) is 7.11 Å². The van der Waals surface area contributed by atoms with E-state index in [0.717, 1.165) is 30.3 Å². The lowest BCUT2D eigenvalue weighted by molar-refractivity contribution is 0.409. The third-order valence-corrected chi connectivity index (χ3v) is 4.09. The van der Waals surface area contributed by atoms with E-state index in [2.05, 4.69) is 63.3 Å². The van der Waals surface area contributed by atoms with E-state index in [-0.39, 0.29) is 5.54 Å². The first-order chi connectivity index (χ1) is 9.81. The van der Waals surface area contributed by atoms with Crippen molar-refractivity contribution >= 4 is 11.8 Å². The van der Waals surface area contributed by atoms with E-state index >= 15 is 0 Å². The predicted octanol–water partition coefficient (Wildman–Crippen LogP) is 3.38. The summed E-state index contributed by atoms with van der Waals surface area (Å²) in [5.74, 6) is 3.13. The smallest absolute Gasteiger partial charge is 0.122 e. The standard InChI is InChI=1S/C17H30N2OS/c1-17(2,3)18-12-14-7-8-16(20-6)15(11-14)13-21-10-9-19(4)5/h7-8,11,18H,9-10,12-13H2,1-6H3. The summed E-state index contributed by atoms with van der Waals surface area (Å²) in [6, 6.07) is 6.49. The topological polar surface area (TPSA) is 24.5 Å². The number of methoxy groups -OCH3 is 1. The minimum atomic E-state index is 0.139. The molecule has 4 heteroatoms. The normalized spacial score (nSPS) is 12.0. The number of hydrogen-bond donors (Lipinski definition) is 1. The molecular formula is C17H30N2OS. The summed E-state index contributed by atoms with van der Waals surface area (Å²) in [4.78, 5) is 2.22. The zero-order valence-corrected chi connectivity index (χ0v) is 15.1. The molecule has 0 aliphatic heterocycles. The van der Waals surface area contributed by atoms with Gasteiger partial charge >= 0.3 is 0 Å². The van der Waals surface area contributed by atoms with Gasteiger partial charge in [0, 0.05) is 35.7 Å². The zero-order chi connectivity index (χ0) is 15.9. The quantitative estimate of drug-likeness (QED) is 0.744. The van der Waals surface area contributed by atoms with E-state index in [9.17, 15) is 0 Å². The Morgan fingerprint density at radius 3 is 2.52 bits per heavy atom. The van der Waals surface area contributed by atoms with Gasteiger partial charge in [0.2, 0.25) is 0 Å². The van der Waals surface area contributed by atoms with Gasteiger partial charge in [-0.2, -0.15) is 11.8 Å². The Hall–Kier alpha value is -0.710. The SMILES string of the molecule is COc1ccc(CNC(C)(C)C)cc1CSCCN(C)C. The lowest BCUT2D eigenvalue weighted by Gasteiger charge is -2.21. The van der Waals surface area contributed by atoms with Crippen LogP contribution in [-0.4, -0.2) is 43.9 Å². The lowest BCUT2D eigenvalue weighted by atomic mass is 10.1. The summed E-state index contributed by atoms with van der Waals surface area (Å²) in [5, 5.41) is 3.53. The highest BCUT2D eigenvalue weighted by Crippen LogP contribution is 2.24. The van der Waals surface area contributed by atoms with Crippen LogP contribution in [0.15, 0.2) is 18.2 Å². The van der Waals surface area contributed by atoms with E-state index in [1.807, 2.05) is 11.8 Å². The number of benzene rings is 1. The average molecular weight is 311 g/mol. The molecule has 3 nitrogen and oxygen atoms in total. The molecule has 0 aromatic heterocycles. The largest absolute Gasteiger partial charge is 0.496 e. The first-order valence-corrected chi connectivity index (χ1v) is 8.60. The first-order valence-electron chi connectivity index (χ1n) is 7.45. The molecule has 0 spiro atoms. The number of ether oxygens (including phenoxy) is 1. The Labute approximate surface area is 134 Å². The average Bonchev–Trinajstić information content (AvgIpc) is 2.40. The zero-order valence-electron chi connectivity index (χ0n) is 14.3. The van der Waals surface area contributed by atoms with E-state index in [0.29, 0.717) is 0 Å². The van der Waals surface area contributed by atoms with Gasteiger partial charge in [0.1, 0.15) is 5.75 Å². The molecular weight excluding hydrogens is 280 g/mol. The van der Waals surface area contributed by atoms with Gasteiger partial charge in [-0.3, -0.25) is 0 Å². The van der Waals surface area contributed by atoms with E-state index in [1.54, 1.807) is 7.11 Å². The third kappa shape index (κ3) is 7.74. The Kier molecular flexibility index (Phi) is 7.57. The predicted molar refractivity (Wildman–Crippen MR) is 94.3 cm³/mol. The maximum atomic E-state index is 5.48. The van der Waals surface area contributed by atoms with Crippen molar-refractivity contribution in [3.8, 4) is 5.75 Å². The van der Waals surface area contributed by atoms with Gasteiger partial charge < -0.3 is 15.0 Å². The van der Waals surface area contributed by atoms with Crippen LogP contribution in [0.4, 0.5) is 0 Å². The molecule has 0 bridgehead atoms. The minimum absolute atomic E-state index is 0.139. The molecule has 0 fully saturated rings. The molecule has 0 atom stereocenters. The second-order valence-corrected chi connectivity index (χ2v) is 7.71. The van der Waals surface area contributed by atoms with Crippen LogP contribution in [0.5, 0.6) is 5.75 Å². The molecule has 1 aromatic rings. The molecule has 1 rings (SSSR count). The monoisotopic (exact) mass is 310 g/mol. The van der Waals surface area contributed by atoms with Crippen molar-refractivity contribution in [3.63, 3.8) is 0 Å². The van der Waals surface area contributed by atoms with Crippen LogP contribution in [0.2, 0.25) is 0 Å². The van der Waals surface area contributed by atoms with Gasteiger partial charge in [-0.1, -0.05) is 6.07 Å². The molecule has 0 aliphatic rings. The van der Waals surface area contributed by atoms with Crippen molar-refractivity contribution in [2.75, 3.05) is 33.5 Å². The molecule has 1 aromatic carbocycles. The van der Waals surface area contributed by atoms with Gasteiger partial charge in [-0.25, -0.2) is 0 Å². The number of rotatable bonds is 8. The van der Waals surface area contributed by atoms with Crippen molar-refractivity contribution in [3.05, 3.63) is 29.3 Å². The third-order valence-electron chi connectivity index (χ3n) is 3.11. The fraction of sp³-hybridized carbons (Fsp3) is 0.647. The van der Waals surface area contributed by atoms with Crippen LogP contribution < -0.4 is 10.1 Å². The van der Waals surface area contributed by atoms with Crippen molar-refractivity contribution in [1.82, 2.24) is 10.2 Å². The first kappa shape index (κ1) is 18.3. The summed E-state index contributed by atoms with van der Waals surface area (Å²) in [7, 11) is 5.97. The second kappa shape index (κ2) is 8.66. The highest BCUT2D eigenvalue weighted by Gasteiger charge is 2.10. The summed E-state index contributed by atoms with van der Waals surface area (Å²) < 4.78 is 5.48. The number of hydrogen-bond acceptors (Lipinski definition) is 4. The van der Waals surface area contributed by atoms with Crippen LogP contribution in [0.25, 0.3) is 0 Å². The molecule has 0 amide bonds. The Morgan fingerprint density at radius 1 is 1.24 bits per heavy atom. The molecule has 0 heterocycles. The lowest BCUT2D eigenvalue weighted by Crippen LogP contribution is -2.35. The number of thioether (sulfide) groups is 1. The highest BCUT2D eigenvalue weighted by molar-refractivity contribution is 7.98. The number of nitrogens with zero attached hydrogens (tertiary/aromatic N) is 1. The summed E-state index contributed by atoms with van der Waals surface area (Å²) in [6.45, 7) is 8.57. The van der Waals surface area contributed by atoms with E-state index < -0.39 is 0 Å². The molecule has 0 radical (unpaired) electrons. The van der Waals surface area contributed by atoms with E-state index in [1.165, 1.54) is 11.1 Å². The molecule has 0 aliphatic carbocycles. The minimum Gasteiger partial charge on any atom is -0.496 e. The Bertz CT molecular complexity index is 427. The van der Waals surface area contributed by atoms with Crippen molar-refractivity contribution in [2.24, 2.45) is 0 Å². The van der Waals surface area contributed by atoms with E-state index in [4.69, 9.17) is 4.74 Å². The molecule has 0 unspecified atom stereocenters. The maximum Gasteiger partial charge on any atom is 0.122 e. The maximum absolute atomic E-state index is 5.48. The van der Waals surface area contributed by atoms with Gasteiger partial charge in [0.25, 0.3) is 0 Å². The summed E-state index contributed by atoms with van der Waals surface area (Å²) in [6.07, 6.45) is 0. The Balaban J connectivity index is 2.62. The van der Waals surface area contributed by atoms with Crippen LogP contribution in [-0.2, 0) is 12.3 Å². The second-order valence-electron chi connectivity index (χ2n) is 6.61. The van der Waals surface area contributed by atoms with Crippen LogP contribution in [0, 0.1) is 0 Å². The summed E-state index contributed by atoms with van der Waals surface area (Å²) >= 11 is 1.95. The fourth-order valence-electron chi connectivity index (χ4n) is 1.85. The Morgan fingerprint density at radius 2 is 1.95 bits per heavy atom. The van der Waals surface area contributed by atoms with Crippen molar-refractivity contribution in [2.45, 2.75) is 38.6 Å². The molecule has 120 valence electrons. The van der Waals surface area contributed by atoms with Crippen molar-refractivity contribution in [1.29, 1.82) is 0 Å². The number of nitrogens with one attached hydrogen (secondary N) is 1. The molecule has 0 saturated heterocycles. The van der Waals surface area contributed by atoms with Gasteiger partial charge in [0.15, 0.2) is 0 Å². The molecule has 1 N–H and O–H groups in total. The van der Waals surface area contributed by atoms with Gasteiger partial charge in [-0.05, 0) is 52.6 Å².